The molecule has 0 aliphatic rings. The third kappa shape index (κ3) is 7.23. The molecule has 0 saturated heterocycles. The molecule has 0 radical (unpaired) electrons. The fourth-order valence-corrected chi connectivity index (χ4v) is 1.04. The smallest absolute Gasteiger partial charge is 0.306 e. The van der Waals surface area contributed by atoms with Gasteiger partial charge in [-0.2, -0.15) is 0 Å². The quantitative estimate of drug-likeness (QED) is 0.531. The van der Waals surface area contributed by atoms with E-state index < -0.39 is 5.60 Å². The highest BCUT2D eigenvalue weighted by atomic mass is 16.7. The maximum atomic E-state index is 11.3. The number of esters is 1. The van der Waals surface area contributed by atoms with E-state index in [1.807, 2.05) is 20.8 Å². The normalized spacial score (nSPS) is 11.1. The molecule has 0 heterocycles. The van der Waals surface area contributed by atoms with Crippen molar-refractivity contribution in [3.05, 3.63) is 0 Å². The van der Waals surface area contributed by atoms with Gasteiger partial charge in [0.25, 0.3) is 0 Å². The first-order chi connectivity index (χ1) is 7.26. The molecule has 0 aliphatic carbocycles. The molecule has 5 heteroatoms. The third-order valence-corrected chi connectivity index (χ3v) is 1.82. The Balaban J connectivity index is 3.75. The SMILES string of the molecule is CON(C)C(=O)CCCC(=O)OC(C)(C)C. The first-order valence-electron chi connectivity index (χ1n) is 5.29. The predicted octanol–water partition coefficient (Wildman–Crippen LogP) is 1.52. The zero-order chi connectivity index (χ0) is 12.8. The molecular weight excluding hydrogens is 210 g/mol. The summed E-state index contributed by atoms with van der Waals surface area (Å²) in [6, 6.07) is 0. The van der Waals surface area contributed by atoms with E-state index in [1.165, 1.54) is 14.2 Å². The molecule has 5 nitrogen and oxygen atoms in total. The van der Waals surface area contributed by atoms with E-state index >= 15 is 0 Å². The van der Waals surface area contributed by atoms with Gasteiger partial charge in [-0.15, -0.1) is 0 Å². The molecule has 0 spiro atoms. The van der Waals surface area contributed by atoms with Gasteiger partial charge in [0, 0.05) is 19.9 Å². The van der Waals surface area contributed by atoms with Crippen LogP contribution in [0.2, 0.25) is 0 Å². The predicted molar refractivity (Wildman–Crippen MR) is 59.5 cm³/mol. The van der Waals surface area contributed by atoms with Gasteiger partial charge in [0.1, 0.15) is 5.60 Å². The Labute approximate surface area is 96.7 Å². The molecular formula is C11H21NO4. The van der Waals surface area contributed by atoms with Crippen LogP contribution < -0.4 is 0 Å². The van der Waals surface area contributed by atoms with Crippen LogP contribution in [0.1, 0.15) is 40.0 Å². The number of rotatable bonds is 5. The van der Waals surface area contributed by atoms with Crippen LogP contribution in [0.15, 0.2) is 0 Å². The van der Waals surface area contributed by atoms with E-state index in [2.05, 4.69) is 0 Å². The number of hydrogen-bond donors (Lipinski definition) is 0. The standard InChI is InChI=1S/C11H21NO4/c1-11(2,3)16-10(14)8-6-7-9(13)12(4)15-5/h6-8H2,1-5H3. The second kappa shape index (κ2) is 6.48. The molecule has 0 atom stereocenters. The Morgan fingerprint density at radius 1 is 1.19 bits per heavy atom. The number of carbonyl (C=O) groups is 2. The van der Waals surface area contributed by atoms with Crippen molar-refractivity contribution in [2.75, 3.05) is 14.2 Å². The van der Waals surface area contributed by atoms with Gasteiger partial charge in [0.15, 0.2) is 0 Å². The highest BCUT2D eigenvalue weighted by Crippen LogP contribution is 2.10. The highest BCUT2D eigenvalue weighted by Gasteiger charge is 2.16. The Hall–Kier alpha value is -1.10. The Bertz CT molecular complexity index is 245. The molecule has 94 valence electrons. The van der Waals surface area contributed by atoms with E-state index in [-0.39, 0.29) is 24.7 Å². The van der Waals surface area contributed by atoms with Gasteiger partial charge in [0.2, 0.25) is 5.91 Å². The van der Waals surface area contributed by atoms with Crippen LogP contribution in [0, 0.1) is 0 Å². The molecule has 0 fully saturated rings. The average molecular weight is 231 g/mol. The molecule has 0 N–H and O–H groups in total. The summed E-state index contributed by atoms with van der Waals surface area (Å²) in [6.45, 7) is 5.44. The number of hydrogen-bond acceptors (Lipinski definition) is 4. The number of hydroxylamine groups is 2. The molecule has 0 aromatic rings. The van der Waals surface area contributed by atoms with Crippen LogP contribution in [0.5, 0.6) is 0 Å². The van der Waals surface area contributed by atoms with Crippen molar-refractivity contribution in [1.29, 1.82) is 0 Å². The Morgan fingerprint density at radius 2 is 1.75 bits per heavy atom. The van der Waals surface area contributed by atoms with E-state index in [9.17, 15) is 9.59 Å². The minimum absolute atomic E-state index is 0.147. The second-order valence-corrected chi connectivity index (χ2v) is 4.51. The van der Waals surface area contributed by atoms with Gasteiger partial charge in [-0.3, -0.25) is 14.4 Å². The zero-order valence-electron chi connectivity index (χ0n) is 10.7. The van der Waals surface area contributed by atoms with E-state index in [1.54, 1.807) is 0 Å². The summed E-state index contributed by atoms with van der Waals surface area (Å²) < 4.78 is 5.11. The lowest BCUT2D eigenvalue weighted by molar-refractivity contribution is -0.169. The fourth-order valence-electron chi connectivity index (χ4n) is 1.04. The second-order valence-electron chi connectivity index (χ2n) is 4.51. The lowest BCUT2D eigenvalue weighted by atomic mass is 10.2. The zero-order valence-corrected chi connectivity index (χ0v) is 10.7. The van der Waals surface area contributed by atoms with Crippen molar-refractivity contribution in [3.63, 3.8) is 0 Å². The lowest BCUT2D eigenvalue weighted by Gasteiger charge is -2.19. The summed E-state index contributed by atoms with van der Waals surface area (Å²) in [5, 5.41) is 1.15. The van der Waals surface area contributed by atoms with Crippen molar-refractivity contribution in [2.45, 2.75) is 45.6 Å². The maximum absolute atomic E-state index is 11.3. The van der Waals surface area contributed by atoms with E-state index in [0.29, 0.717) is 6.42 Å². The number of nitrogens with zero attached hydrogens (tertiary/aromatic N) is 1. The summed E-state index contributed by atoms with van der Waals surface area (Å²) in [7, 11) is 2.96. The van der Waals surface area contributed by atoms with Crippen molar-refractivity contribution in [1.82, 2.24) is 5.06 Å². The summed E-state index contributed by atoms with van der Waals surface area (Å²) >= 11 is 0. The van der Waals surface area contributed by atoms with Gasteiger partial charge in [-0.1, -0.05) is 0 Å². The molecule has 0 aromatic heterocycles. The third-order valence-electron chi connectivity index (χ3n) is 1.82. The van der Waals surface area contributed by atoms with Crippen LogP contribution in [0.3, 0.4) is 0 Å². The van der Waals surface area contributed by atoms with Crippen LogP contribution in [0.4, 0.5) is 0 Å². The maximum Gasteiger partial charge on any atom is 0.306 e. The van der Waals surface area contributed by atoms with Crippen molar-refractivity contribution in [3.8, 4) is 0 Å². The lowest BCUT2D eigenvalue weighted by Crippen LogP contribution is -2.26. The Kier molecular flexibility index (Phi) is 6.03. The molecule has 0 bridgehead atoms. The minimum atomic E-state index is -0.468. The molecule has 0 unspecified atom stereocenters. The summed E-state index contributed by atoms with van der Waals surface area (Å²) in [5.41, 5.74) is -0.468. The molecule has 1 amide bonds. The minimum Gasteiger partial charge on any atom is -0.460 e. The Morgan fingerprint density at radius 3 is 2.19 bits per heavy atom. The molecule has 0 aliphatic heterocycles. The molecule has 16 heavy (non-hydrogen) atoms. The fraction of sp³-hybridized carbons (Fsp3) is 0.818. The van der Waals surface area contributed by atoms with Crippen LogP contribution in [-0.2, 0) is 19.2 Å². The first kappa shape index (κ1) is 14.9. The van der Waals surface area contributed by atoms with Crippen molar-refractivity contribution in [2.24, 2.45) is 0 Å². The van der Waals surface area contributed by atoms with Gasteiger partial charge in [0.05, 0.1) is 7.11 Å². The number of amides is 1. The molecule has 0 aromatic carbocycles. The first-order valence-corrected chi connectivity index (χ1v) is 5.29. The van der Waals surface area contributed by atoms with Gasteiger partial charge >= 0.3 is 5.97 Å². The molecule has 0 saturated carbocycles. The van der Waals surface area contributed by atoms with Crippen LogP contribution in [0.25, 0.3) is 0 Å². The molecule has 0 rings (SSSR count). The van der Waals surface area contributed by atoms with Crippen LogP contribution >= 0.6 is 0 Å². The number of carbonyl (C=O) groups excluding carboxylic acids is 2. The summed E-state index contributed by atoms with van der Waals surface area (Å²) in [6.07, 6.45) is 1.01. The largest absolute Gasteiger partial charge is 0.460 e. The number of ether oxygens (including phenoxy) is 1. The topological polar surface area (TPSA) is 55.8 Å². The van der Waals surface area contributed by atoms with Gasteiger partial charge < -0.3 is 4.74 Å². The summed E-state index contributed by atoms with van der Waals surface area (Å²) in [4.78, 5) is 27.3. The van der Waals surface area contributed by atoms with E-state index in [4.69, 9.17) is 9.57 Å². The van der Waals surface area contributed by atoms with Crippen LogP contribution in [-0.4, -0.2) is 36.7 Å². The van der Waals surface area contributed by atoms with Crippen molar-refractivity contribution >= 4 is 11.9 Å². The van der Waals surface area contributed by atoms with Crippen molar-refractivity contribution < 1.29 is 19.2 Å². The average Bonchev–Trinajstić information content (AvgIpc) is 2.13. The summed E-state index contributed by atoms with van der Waals surface area (Å²) in [5.74, 6) is -0.425. The van der Waals surface area contributed by atoms with Gasteiger partial charge in [-0.05, 0) is 27.2 Å². The van der Waals surface area contributed by atoms with Gasteiger partial charge in [-0.25, -0.2) is 5.06 Å². The highest BCUT2D eigenvalue weighted by molar-refractivity contribution is 5.76. The van der Waals surface area contributed by atoms with E-state index in [0.717, 1.165) is 5.06 Å². The monoisotopic (exact) mass is 231 g/mol.